The van der Waals surface area contributed by atoms with E-state index in [-0.39, 0.29) is 0 Å². The van der Waals surface area contributed by atoms with Crippen molar-refractivity contribution in [2.75, 3.05) is 5.33 Å². The monoisotopic (exact) mass is 243 g/mol. The smallest absolute Gasteiger partial charge is 0.105 e. The predicted octanol–water partition coefficient (Wildman–Crippen LogP) is 2.25. The number of aryl methyl sites for hydroxylation is 1. The van der Waals surface area contributed by atoms with Gasteiger partial charge in [-0.2, -0.15) is 15.0 Å². The van der Waals surface area contributed by atoms with Gasteiger partial charge in [0.1, 0.15) is 5.69 Å². The molecule has 4 heteroatoms. The molecule has 0 atom stereocenters. The zero-order chi connectivity index (χ0) is 9.84. The minimum absolute atomic E-state index is 0.543. The van der Waals surface area contributed by atoms with Crippen LogP contribution >= 0.6 is 15.9 Å². The SMILES string of the molecule is CC(C)/C(=C/c1cnn(C)n1)CBr. The normalized spacial score (nSPS) is 12.5. The van der Waals surface area contributed by atoms with Crippen molar-refractivity contribution in [2.24, 2.45) is 13.0 Å². The van der Waals surface area contributed by atoms with Crippen LogP contribution in [0.4, 0.5) is 0 Å². The summed E-state index contributed by atoms with van der Waals surface area (Å²) in [5.41, 5.74) is 2.26. The number of aromatic nitrogens is 3. The van der Waals surface area contributed by atoms with E-state index in [1.54, 1.807) is 11.0 Å². The van der Waals surface area contributed by atoms with Gasteiger partial charge in [-0.15, -0.1) is 0 Å². The molecule has 0 aromatic carbocycles. The zero-order valence-electron chi connectivity index (χ0n) is 8.16. The van der Waals surface area contributed by atoms with Gasteiger partial charge in [-0.25, -0.2) is 0 Å². The van der Waals surface area contributed by atoms with Crippen molar-refractivity contribution in [2.45, 2.75) is 13.8 Å². The molecule has 1 heterocycles. The highest BCUT2D eigenvalue weighted by Gasteiger charge is 2.02. The molecule has 0 amide bonds. The van der Waals surface area contributed by atoms with Gasteiger partial charge < -0.3 is 0 Å². The molecule has 1 aromatic heterocycles. The maximum absolute atomic E-state index is 4.19. The van der Waals surface area contributed by atoms with Crippen molar-refractivity contribution in [3.05, 3.63) is 17.5 Å². The second-order valence-corrected chi connectivity index (χ2v) is 3.83. The molecule has 0 aliphatic rings. The first-order valence-corrected chi connectivity index (χ1v) is 5.38. The molecule has 0 unspecified atom stereocenters. The molecule has 0 saturated carbocycles. The highest BCUT2D eigenvalue weighted by molar-refractivity contribution is 9.09. The summed E-state index contributed by atoms with van der Waals surface area (Å²) in [4.78, 5) is 1.57. The first kappa shape index (κ1) is 10.4. The summed E-state index contributed by atoms with van der Waals surface area (Å²) in [5.74, 6) is 0.543. The second kappa shape index (κ2) is 4.56. The Morgan fingerprint density at radius 2 is 2.38 bits per heavy atom. The van der Waals surface area contributed by atoms with Crippen molar-refractivity contribution < 1.29 is 0 Å². The van der Waals surface area contributed by atoms with Crippen molar-refractivity contribution >= 4 is 22.0 Å². The van der Waals surface area contributed by atoms with Crippen LogP contribution in [-0.2, 0) is 7.05 Å². The van der Waals surface area contributed by atoms with Gasteiger partial charge in [-0.3, -0.25) is 0 Å². The molecule has 1 rings (SSSR count). The summed E-state index contributed by atoms with van der Waals surface area (Å²) in [6.07, 6.45) is 3.84. The molecule has 3 nitrogen and oxygen atoms in total. The lowest BCUT2D eigenvalue weighted by atomic mass is 10.0. The van der Waals surface area contributed by atoms with Crippen LogP contribution < -0.4 is 0 Å². The lowest BCUT2D eigenvalue weighted by Crippen LogP contribution is -1.96. The van der Waals surface area contributed by atoms with E-state index in [0.29, 0.717) is 5.92 Å². The van der Waals surface area contributed by atoms with Gasteiger partial charge in [-0.05, 0) is 12.0 Å². The molecule has 1 aromatic rings. The molecular formula is C9H14BrN3. The summed E-state index contributed by atoms with van der Waals surface area (Å²) < 4.78 is 0. The van der Waals surface area contributed by atoms with E-state index >= 15 is 0 Å². The van der Waals surface area contributed by atoms with Crippen LogP contribution in [0.1, 0.15) is 19.5 Å². The number of hydrogen-bond donors (Lipinski definition) is 0. The molecule has 0 aliphatic carbocycles. The topological polar surface area (TPSA) is 30.7 Å². The Hall–Kier alpha value is -0.640. The van der Waals surface area contributed by atoms with Crippen LogP contribution in [0.5, 0.6) is 0 Å². The third kappa shape index (κ3) is 2.95. The number of allylic oxidation sites excluding steroid dienone is 1. The van der Waals surface area contributed by atoms with Gasteiger partial charge in [0.05, 0.1) is 6.20 Å². The Morgan fingerprint density at radius 3 is 2.77 bits per heavy atom. The summed E-state index contributed by atoms with van der Waals surface area (Å²) in [7, 11) is 1.82. The summed E-state index contributed by atoms with van der Waals surface area (Å²) >= 11 is 3.46. The maximum atomic E-state index is 4.19. The highest BCUT2D eigenvalue weighted by atomic mass is 79.9. The fourth-order valence-corrected chi connectivity index (χ4v) is 1.79. The average molecular weight is 244 g/mol. The van der Waals surface area contributed by atoms with Gasteiger partial charge in [0, 0.05) is 12.4 Å². The van der Waals surface area contributed by atoms with E-state index in [0.717, 1.165) is 11.0 Å². The number of rotatable bonds is 3. The molecular weight excluding hydrogens is 230 g/mol. The summed E-state index contributed by atoms with van der Waals surface area (Å²) in [5, 5.41) is 9.09. The standard InChI is InChI=1S/C9H14BrN3/c1-7(2)8(5-10)4-9-6-11-13(3)12-9/h4,6-7H,5H2,1-3H3/b8-4+. The Morgan fingerprint density at radius 1 is 1.69 bits per heavy atom. The van der Waals surface area contributed by atoms with Crippen LogP contribution in [0.2, 0.25) is 0 Å². The van der Waals surface area contributed by atoms with Gasteiger partial charge in [0.2, 0.25) is 0 Å². The maximum Gasteiger partial charge on any atom is 0.105 e. The Balaban J connectivity index is 2.84. The first-order chi connectivity index (χ1) is 6.13. The number of hydrogen-bond acceptors (Lipinski definition) is 2. The van der Waals surface area contributed by atoms with Gasteiger partial charge in [-0.1, -0.05) is 35.4 Å². The molecule has 0 radical (unpaired) electrons. The van der Waals surface area contributed by atoms with Crippen LogP contribution in [0.15, 0.2) is 11.8 Å². The third-order valence-electron chi connectivity index (χ3n) is 1.85. The minimum atomic E-state index is 0.543. The van der Waals surface area contributed by atoms with E-state index in [1.165, 1.54) is 5.57 Å². The number of nitrogens with zero attached hydrogens (tertiary/aromatic N) is 3. The molecule has 0 spiro atoms. The third-order valence-corrected chi connectivity index (χ3v) is 2.49. The molecule has 0 aliphatic heterocycles. The van der Waals surface area contributed by atoms with E-state index in [4.69, 9.17) is 0 Å². The predicted molar refractivity (Wildman–Crippen MR) is 57.6 cm³/mol. The van der Waals surface area contributed by atoms with Crippen LogP contribution in [0.3, 0.4) is 0 Å². The Labute approximate surface area is 87.0 Å². The molecule has 0 saturated heterocycles. The van der Waals surface area contributed by atoms with Crippen molar-refractivity contribution in [1.82, 2.24) is 15.0 Å². The zero-order valence-corrected chi connectivity index (χ0v) is 9.74. The minimum Gasteiger partial charge on any atom is -0.187 e. The highest BCUT2D eigenvalue weighted by Crippen LogP contribution is 2.15. The molecule has 0 fully saturated rings. The van der Waals surface area contributed by atoms with Crippen LogP contribution in [-0.4, -0.2) is 20.3 Å². The fraction of sp³-hybridized carbons (Fsp3) is 0.556. The van der Waals surface area contributed by atoms with Crippen LogP contribution in [0.25, 0.3) is 6.08 Å². The first-order valence-electron chi connectivity index (χ1n) is 4.26. The van der Waals surface area contributed by atoms with E-state index in [1.807, 2.05) is 7.05 Å². The molecule has 0 bridgehead atoms. The fourth-order valence-electron chi connectivity index (χ4n) is 0.977. The number of halogens is 1. The largest absolute Gasteiger partial charge is 0.187 e. The van der Waals surface area contributed by atoms with Crippen molar-refractivity contribution in [1.29, 1.82) is 0 Å². The summed E-state index contributed by atoms with van der Waals surface area (Å²) in [6, 6.07) is 0. The Bertz CT molecular complexity index is 302. The van der Waals surface area contributed by atoms with Crippen molar-refractivity contribution in [3.8, 4) is 0 Å². The average Bonchev–Trinajstić information content (AvgIpc) is 2.46. The van der Waals surface area contributed by atoms with Gasteiger partial charge in [0.15, 0.2) is 0 Å². The lowest BCUT2D eigenvalue weighted by molar-refractivity contribution is 0.652. The second-order valence-electron chi connectivity index (χ2n) is 3.27. The molecule has 13 heavy (non-hydrogen) atoms. The van der Waals surface area contributed by atoms with Gasteiger partial charge >= 0.3 is 0 Å². The molecule has 0 N–H and O–H groups in total. The van der Waals surface area contributed by atoms with E-state index in [2.05, 4.69) is 46.1 Å². The van der Waals surface area contributed by atoms with E-state index < -0.39 is 0 Å². The Kier molecular flexibility index (Phi) is 3.66. The summed E-state index contributed by atoms with van der Waals surface area (Å²) in [6.45, 7) is 4.34. The molecule has 72 valence electrons. The van der Waals surface area contributed by atoms with Crippen LogP contribution in [0, 0.1) is 5.92 Å². The van der Waals surface area contributed by atoms with E-state index in [9.17, 15) is 0 Å². The van der Waals surface area contributed by atoms with Crippen molar-refractivity contribution in [3.63, 3.8) is 0 Å². The lowest BCUT2D eigenvalue weighted by Gasteiger charge is -2.05. The van der Waals surface area contributed by atoms with Gasteiger partial charge in [0.25, 0.3) is 0 Å². The quantitative estimate of drug-likeness (QED) is 0.763. The number of alkyl halides is 1.